The highest BCUT2D eigenvalue weighted by Gasteiger charge is 2.26. The molecule has 2 unspecified atom stereocenters. The summed E-state index contributed by atoms with van der Waals surface area (Å²) in [6.45, 7) is 4.86. The molecule has 1 aromatic carbocycles. The first-order valence-electron chi connectivity index (χ1n) is 8.69. The standard InChI is InChI=1S/C19H24N2O4/c1-12(22)8-16-4-3-7-21(16)11-14-9-19(24)25-18-10-15(20-13(2)23)5-6-17(14)18/h5-6,9-10,12,16,22H,3-4,7-8,11H2,1-2H3,(H,20,23). The zero-order chi connectivity index (χ0) is 18.0. The van der Waals surface area contributed by atoms with E-state index in [2.05, 4.69) is 10.2 Å². The highest BCUT2D eigenvalue weighted by Crippen LogP contribution is 2.27. The Hall–Kier alpha value is -2.18. The topological polar surface area (TPSA) is 82.8 Å². The number of hydrogen-bond acceptors (Lipinski definition) is 5. The third-order valence-electron chi connectivity index (χ3n) is 4.64. The summed E-state index contributed by atoms with van der Waals surface area (Å²) in [4.78, 5) is 25.5. The largest absolute Gasteiger partial charge is 0.423 e. The molecule has 2 heterocycles. The second kappa shape index (κ2) is 7.37. The Kier molecular flexibility index (Phi) is 5.20. The van der Waals surface area contributed by atoms with E-state index in [0.717, 1.165) is 36.8 Å². The predicted molar refractivity (Wildman–Crippen MR) is 96.5 cm³/mol. The average Bonchev–Trinajstić information content (AvgIpc) is 2.92. The van der Waals surface area contributed by atoms with Crippen molar-refractivity contribution in [1.82, 2.24) is 4.90 Å². The lowest BCUT2D eigenvalue weighted by molar-refractivity contribution is -0.114. The van der Waals surface area contributed by atoms with E-state index in [-0.39, 0.29) is 12.0 Å². The Morgan fingerprint density at radius 2 is 2.24 bits per heavy atom. The van der Waals surface area contributed by atoms with Gasteiger partial charge in [-0.3, -0.25) is 9.69 Å². The van der Waals surface area contributed by atoms with Gasteiger partial charge in [-0.2, -0.15) is 0 Å². The van der Waals surface area contributed by atoms with E-state index in [9.17, 15) is 14.7 Å². The minimum Gasteiger partial charge on any atom is -0.423 e. The number of likely N-dealkylation sites (tertiary alicyclic amines) is 1. The third-order valence-corrected chi connectivity index (χ3v) is 4.64. The number of fused-ring (bicyclic) bond motifs is 1. The van der Waals surface area contributed by atoms with Crippen molar-refractivity contribution in [3.8, 4) is 0 Å². The van der Waals surface area contributed by atoms with Crippen LogP contribution in [0.15, 0.2) is 33.5 Å². The molecule has 2 atom stereocenters. The van der Waals surface area contributed by atoms with Crippen molar-refractivity contribution in [3.05, 3.63) is 40.2 Å². The number of nitrogens with one attached hydrogen (secondary N) is 1. The van der Waals surface area contributed by atoms with Crippen molar-refractivity contribution in [1.29, 1.82) is 0 Å². The fourth-order valence-electron chi connectivity index (χ4n) is 3.62. The minimum atomic E-state index is -0.395. The van der Waals surface area contributed by atoms with Gasteiger partial charge in [0.25, 0.3) is 0 Å². The summed E-state index contributed by atoms with van der Waals surface area (Å²) >= 11 is 0. The van der Waals surface area contributed by atoms with Gasteiger partial charge in [0, 0.05) is 42.7 Å². The second-order valence-corrected chi connectivity index (χ2v) is 6.83. The van der Waals surface area contributed by atoms with Crippen LogP contribution in [0.1, 0.15) is 38.7 Å². The zero-order valence-electron chi connectivity index (χ0n) is 14.6. The molecule has 25 heavy (non-hydrogen) atoms. The maximum atomic E-state index is 12.0. The molecule has 1 amide bonds. The van der Waals surface area contributed by atoms with Crippen LogP contribution >= 0.6 is 0 Å². The molecular weight excluding hydrogens is 320 g/mol. The van der Waals surface area contributed by atoms with Crippen molar-refractivity contribution in [2.75, 3.05) is 11.9 Å². The molecule has 134 valence electrons. The average molecular weight is 344 g/mol. The monoisotopic (exact) mass is 344 g/mol. The summed E-state index contributed by atoms with van der Waals surface area (Å²) in [5.41, 5.74) is 1.60. The van der Waals surface area contributed by atoms with Crippen LogP contribution in [0.4, 0.5) is 5.69 Å². The van der Waals surface area contributed by atoms with Gasteiger partial charge in [0.1, 0.15) is 5.58 Å². The zero-order valence-corrected chi connectivity index (χ0v) is 14.6. The number of aliphatic hydroxyl groups is 1. The minimum absolute atomic E-state index is 0.170. The molecule has 0 bridgehead atoms. The highest BCUT2D eigenvalue weighted by atomic mass is 16.4. The fraction of sp³-hybridized carbons (Fsp3) is 0.474. The van der Waals surface area contributed by atoms with E-state index in [1.807, 2.05) is 19.1 Å². The second-order valence-electron chi connectivity index (χ2n) is 6.83. The summed E-state index contributed by atoms with van der Waals surface area (Å²) in [6.07, 6.45) is 2.58. The van der Waals surface area contributed by atoms with Crippen LogP contribution < -0.4 is 10.9 Å². The van der Waals surface area contributed by atoms with E-state index < -0.39 is 5.63 Å². The van der Waals surface area contributed by atoms with Crippen LogP contribution in [0.25, 0.3) is 11.0 Å². The molecule has 6 heteroatoms. The van der Waals surface area contributed by atoms with E-state index in [0.29, 0.717) is 23.9 Å². The molecule has 2 aromatic rings. The number of carbonyl (C=O) groups is 1. The Labute approximate surface area is 146 Å². The fourth-order valence-corrected chi connectivity index (χ4v) is 3.62. The quantitative estimate of drug-likeness (QED) is 0.814. The van der Waals surface area contributed by atoms with Crippen molar-refractivity contribution >= 4 is 22.6 Å². The molecule has 1 aliphatic rings. The van der Waals surface area contributed by atoms with Gasteiger partial charge in [-0.05, 0) is 50.4 Å². The number of anilines is 1. The normalized spacial score (nSPS) is 19.2. The summed E-state index contributed by atoms with van der Waals surface area (Å²) in [6, 6.07) is 7.24. The molecule has 0 spiro atoms. The SMILES string of the molecule is CC(=O)Nc1ccc2c(CN3CCCC3CC(C)O)cc(=O)oc2c1. The van der Waals surface area contributed by atoms with Crippen molar-refractivity contribution in [2.24, 2.45) is 0 Å². The molecule has 0 saturated carbocycles. The molecule has 1 aromatic heterocycles. The summed E-state index contributed by atoms with van der Waals surface area (Å²) in [5.74, 6) is -0.170. The first kappa shape index (κ1) is 17.6. The summed E-state index contributed by atoms with van der Waals surface area (Å²) in [7, 11) is 0. The number of carbonyl (C=O) groups excluding carboxylic acids is 1. The van der Waals surface area contributed by atoms with Gasteiger partial charge in [0.2, 0.25) is 5.91 Å². The molecule has 3 rings (SSSR count). The molecular formula is C19H24N2O4. The molecule has 6 nitrogen and oxygen atoms in total. The molecule has 1 aliphatic heterocycles. The van der Waals surface area contributed by atoms with Crippen LogP contribution in [0.2, 0.25) is 0 Å². The van der Waals surface area contributed by atoms with E-state index in [4.69, 9.17) is 4.42 Å². The smallest absolute Gasteiger partial charge is 0.336 e. The van der Waals surface area contributed by atoms with Gasteiger partial charge < -0.3 is 14.8 Å². The number of benzene rings is 1. The first-order valence-corrected chi connectivity index (χ1v) is 8.69. The van der Waals surface area contributed by atoms with Crippen LogP contribution in [0.5, 0.6) is 0 Å². The van der Waals surface area contributed by atoms with Gasteiger partial charge in [0.05, 0.1) is 6.10 Å². The van der Waals surface area contributed by atoms with Crippen LogP contribution in [-0.2, 0) is 11.3 Å². The predicted octanol–water partition coefficient (Wildman–Crippen LogP) is 2.49. The van der Waals surface area contributed by atoms with Crippen LogP contribution in [0.3, 0.4) is 0 Å². The molecule has 1 saturated heterocycles. The van der Waals surface area contributed by atoms with Gasteiger partial charge in [-0.15, -0.1) is 0 Å². The van der Waals surface area contributed by atoms with E-state index in [1.165, 1.54) is 13.0 Å². The molecule has 1 fully saturated rings. The molecule has 2 N–H and O–H groups in total. The first-order chi connectivity index (χ1) is 11.9. The Balaban J connectivity index is 1.90. The Bertz CT molecular complexity index is 828. The summed E-state index contributed by atoms with van der Waals surface area (Å²) in [5, 5.41) is 13.3. The number of amides is 1. The van der Waals surface area contributed by atoms with Gasteiger partial charge in [-0.1, -0.05) is 0 Å². The van der Waals surface area contributed by atoms with Crippen LogP contribution in [-0.4, -0.2) is 34.6 Å². The molecule has 0 aliphatic carbocycles. The number of hydrogen-bond donors (Lipinski definition) is 2. The number of rotatable bonds is 5. The van der Waals surface area contributed by atoms with Crippen molar-refractivity contribution in [2.45, 2.75) is 51.8 Å². The lowest BCUT2D eigenvalue weighted by Crippen LogP contribution is -2.31. The third kappa shape index (κ3) is 4.27. The Morgan fingerprint density at radius 1 is 1.44 bits per heavy atom. The molecule has 0 radical (unpaired) electrons. The summed E-state index contributed by atoms with van der Waals surface area (Å²) < 4.78 is 5.32. The van der Waals surface area contributed by atoms with E-state index >= 15 is 0 Å². The van der Waals surface area contributed by atoms with Gasteiger partial charge >= 0.3 is 5.63 Å². The lowest BCUT2D eigenvalue weighted by Gasteiger charge is -2.25. The van der Waals surface area contributed by atoms with Crippen molar-refractivity contribution < 1.29 is 14.3 Å². The van der Waals surface area contributed by atoms with Crippen LogP contribution in [0, 0.1) is 0 Å². The van der Waals surface area contributed by atoms with E-state index in [1.54, 1.807) is 6.07 Å². The van der Waals surface area contributed by atoms with Gasteiger partial charge in [0.15, 0.2) is 0 Å². The number of aliphatic hydroxyl groups excluding tert-OH is 1. The number of nitrogens with zero attached hydrogens (tertiary/aromatic N) is 1. The maximum absolute atomic E-state index is 12.0. The van der Waals surface area contributed by atoms with Gasteiger partial charge in [-0.25, -0.2) is 4.79 Å². The Morgan fingerprint density at radius 3 is 2.96 bits per heavy atom. The lowest BCUT2D eigenvalue weighted by atomic mass is 10.1. The maximum Gasteiger partial charge on any atom is 0.336 e. The van der Waals surface area contributed by atoms with Crippen molar-refractivity contribution in [3.63, 3.8) is 0 Å². The highest BCUT2D eigenvalue weighted by molar-refractivity contribution is 5.92.